The summed E-state index contributed by atoms with van der Waals surface area (Å²) in [5.41, 5.74) is 2.99. The number of hydrogen-bond acceptors (Lipinski definition) is 15. The van der Waals surface area contributed by atoms with Crippen molar-refractivity contribution in [1.82, 2.24) is 74.1 Å². The molecule has 0 unspecified atom stereocenters. The Kier molecular flexibility index (Phi) is 5.89. The van der Waals surface area contributed by atoms with Crippen molar-refractivity contribution in [2.45, 2.75) is 27.7 Å². The maximum atomic E-state index is 10.5. The zero-order valence-corrected chi connectivity index (χ0v) is 23.6. The molecule has 0 aliphatic heterocycles. The number of azo groups is 2. The fraction of sp³-hybridized carbons (Fsp3) is 0.174. The summed E-state index contributed by atoms with van der Waals surface area (Å²) in [4.78, 5) is 15.7. The van der Waals surface area contributed by atoms with Crippen LogP contribution in [0.3, 0.4) is 0 Å². The molecule has 0 aliphatic carbocycles. The molecule has 0 atom stereocenters. The van der Waals surface area contributed by atoms with Crippen molar-refractivity contribution in [3.8, 4) is 24.0 Å². The maximum absolute atomic E-state index is 10.5. The maximum Gasteiger partial charge on any atom is 0.320 e. The lowest BCUT2D eigenvalue weighted by Gasteiger charge is -2.06. The smallest absolute Gasteiger partial charge is 0.320 e. The number of H-pyrrole nitrogens is 2. The van der Waals surface area contributed by atoms with Crippen LogP contribution in [0.2, 0.25) is 0 Å². The van der Waals surface area contributed by atoms with Crippen LogP contribution in [0, 0.1) is 45.6 Å². The SMILES string of the molecule is [C-]#[N+]c1cnn(-c2nc(O)nc(-n3ncc(C#N)c3/N=N/c3c(C)nn4c(C)n[nH]c34)n2)c1/N=N/c1c(C)nn2c(C)n[nH]c12. The Morgan fingerprint density at radius 2 is 1.33 bits per heavy atom. The minimum Gasteiger partial charge on any atom is -0.479 e. The van der Waals surface area contributed by atoms with Gasteiger partial charge in [0.15, 0.2) is 34.3 Å². The Hall–Kier alpha value is -7.23. The summed E-state index contributed by atoms with van der Waals surface area (Å²) in [6.07, 6.45) is 2.49. The molecule has 0 saturated carbocycles. The first-order valence-corrected chi connectivity index (χ1v) is 12.8. The lowest BCUT2D eigenvalue weighted by atomic mass is 10.4. The molecule has 0 amide bonds. The van der Waals surface area contributed by atoms with E-state index < -0.39 is 6.01 Å². The molecular weight excluding hydrogens is 586 g/mol. The van der Waals surface area contributed by atoms with E-state index in [2.05, 4.69) is 81.0 Å². The average molecular weight is 604 g/mol. The standard InChI is InChI=1S/C23H17N21O/c1-9-15(19-37-31-11(3)41(19)39-9)33-35-17-13(6-24)7-26-43(17)21-28-22(30-23(45)29-21)44-18(14(25-5)8-27-44)36-34-16-10(2)40-42-12(4)32-38-20(16)42/h7-8,37-38H,1-4H3,(H,28,29,30,45)/b35-33+,36-34+. The van der Waals surface area contributed by atoms with Gasteiger partial charge in [0.25, 0.3) is 17.6 Å². The van der Waals surface area contributed by atoms with E-state index in [1.54, 1.807) is 36.7 Å². The molecule has 7 heterocycles. The van der Waals surface area contributed by atoms with Crippen molar-refractivity contribution in [2.75, 3.05) is 0 Å². The number of rotatable bonds is 6. The van der Waals surface area contributed by atoms with E-state index in [9.17, 15) is 10.4 Å². The van der Waals surface area contributed by atoms with Gasteiger partial charge in [-0.3, -0.25) is 10.2 Å². The van der Waals surface area contributed by atoms with Gasteiger partial charge in [0.2, 0.25) is 0 Å². The second kappa shape index (κ2) is 9.95. The normalized spacial score (nSPS) is 11.9. The Balaban J connectivity index is 1.30. The van der Waals surface area contributed by atoms with Crippen LogP contribution in [0.1, 0.15) is 28.6 Å². The first-order chi connectivity index (χ1) is 21.8. The average Bonchev–Trinajstić information content (AvgIpc) is 3.86. The van der Waals surface area contributed by atoms with Crippen LogP contribution in [-0.2, 0) is 0 Å². The summed E-state index contributed by atoms with van der Waals surface area (Å²) in [5.74, 6) is 0.708. The zero-order valence-electron chi connectivity index (χ0n) is 23.6. The molecule has 0 spiro atoms. The zero-order chi connectivity index (χ0) is 31.4. The number of aryl methyl sites for hydroxylation is 4. The Morgan fingerprint density at radius 1 is 0.800 bits per heavy atom. The van der Waals surface area contributed by atoms with Crippen molar-refractivity contribution >= 4 is 40.0 Å². The molecular formula is C23H17N21O. The van der Waals surface area contributed by atoms with Crippen LogP contribution in [-0.4, -0.2) is 79.2 Å². The third-order valence-corrected chi connectivity index (χ3v) is 6.50. The predicted octanol–water partition coefficient (Wildman–Crippen LogP) is 3.18. The lowest BCUT2D eigenvalue weighted by Crippen LogP contribution is -2.09. The van der Waals surface area contributed by atoms with Crippen molar-refractivity contribution in [3.63, 3.8) is 0 Å². The van der Waals surface area contributed by atoms with Crippen LogP contribution in [0.15, 0.2) is 32.9 Å². The number of fused-ring (bicyclic) bond motifs is 2. The van der Waals surface area contributed by atoms with E-state index in [0.717, 1.165) is 9.36 Å². The summed E-state index contributed by atoms with van der Waals surface area (Å²) >= 11 is 0. The lowest BCUT2D eigenvalue weighted by molar-refractivity contribution is 0.423. The predicted molar refractivity (Wildman–Crippen MR) is 149 cm³/mol. The topological polar surface area (TPSA) is 264 Å². The number of nitrogens with one attached hydrogen (secondary N) is 2. The van der Waals surface area contributed by atoms with Crippen LogP contribution < -0.4 is 0 Å². The van der Waals surface area contributed by atoms with Gasteiger partial charge in [0, 0.05) is 0 Å². The number of nitriles is 1. The third-order valence-electron chi connectivity index (χ3n) is 6.50. The second-order valence-electron chi connectivity index (χ2n) is 9.35. The number of aromatic nitrogens is 15. The van der Waals surface area contributed by atoms with Crippen LogP contribution in [0.4, 0.5) is 28.7 Å². The van der Waals surface area contributed by atoms with E-state index >= 15 is 0 Å². The fourth-order valence-corrected chi connectivity index (χ4v) is 4.35. The van der Waals surface area contributed by atoms with Crippen molar-refractivity contribution < 1.29 is 5.11 Å². The molecule has 22 heteroatoms. The van der Waals surface area contributed by atoms with E-state index in [1.165, 1.54) is 12.4 Å². The Labute approximate surface area is 249 Å². The molecule has 7 aromatic rings. The first-order valence-electron chi connectivity index (χ1n) is 12.8. The molecule has 0 saturated heterocycles. The monoisotopic (exact) mass is 603 g/mol. The van der Waals surface area contributed by atoms with Crippen LogP contribution >= 0.6 is 0 Å². The van der Waals surface area contributed by atoms with Gasteiger partial charge in [0.05, 0.1) is 30.4 Å². The quantitative estimate of drug-likeness (QED) is 0.183. The molecule has 7 rings (SSSR count). The Morgan fingerprint density at radius 3 is 1.89 bits per heavy atom. The molecule has 22 nitrogen and oxygen atoms in total. The van der Waals surface area contributed by atoms with Gasteiger partial charge < -0.3 is 5.11 Å². The van der Waals surface area contributed by atoms with Gasteiger partial charge in [-0.2, -0.15) is 69.2 Å². The number of aromatic hydroxyl groups is 1. The minimum atomic E-state index is -0.709. The summed E-state index contributed by atoms with van der Waals surface area (Å²) < 4.78 is 5.34. The molecule has 0 bridgehead atoms. The second-order valence-corrected chi connectivity index (χ2v) is 9.35. The highest BCUT2D eigenvalue weighted by atomic mass is 16.3. The summed E-state index contributed by atoms with van der Waals surface area (Å²) in [6.45, 7) is 14.6. The molecule has 3 N–H and O–H groups in total. The van der Waals surface area contributed by atoms with E-state index in [0.29, 0.717) is 45.7 Å². The molecule has 45 heavy (non-hydrogen) atoms. The third kappa shape index (κ3) is 4.21. The van der Waals surface area contributed by atoms with Crippen molar-refractivity contribution in [1.29, 1.82) is 5.26 Å². The molecule has 0 aliphatic rings. The van der Waals surface area contributed by atoms with Gasteiger partial charge in [-0.15, -0.1) is 20.5 Å². The summed E-state index contributed by atoms with van der Waals surface area (Å²) in [5, 5.41) is 68.3. The summed E-state index contributed by atoms with van der Waals surface area (Å²) in [6, 6.07) is 1.29. The van der Waals surface area contributed by atoms with Gasteiger partial charge in [-0.05, 0) is 27.7 Å². The molecule has 7 aromatic heterocycles. The first kappa shape index (κ1) is 26.7. The van der Waals surface area contributed by atoms with Gasteiger partial charge in [-0.25, -0.2) is 4.85 Å². The highest BCUT2D eigenvalue weighted by Crippen LogP contribution is 2.34. The minimum absolute atomic E-state index is 0.0271. The number of nitrogens with zero attached hydrogens (tertiary/aromatic N) is 19. The van der Waals surface area contributed by atoms with E-state index in [1.807, 2.05) is 6.07 Å². The molecule has 220 valence electrons. The highest BCUT2D eigenvalue weighted by Gasteiger charge is 2.22. The van der Waals surface area contributed by atoms with Crippen molar-refractivity contribution in [3.05, 3.63) is 52.4 Å². The summed E-state index contributed by atoms with van der Waals surface area (Å²) in [7, 11) is 0. The molecule has 0 fully saturated rings. The molecule has 0 aromatic carbocycles. The van der Waals surface area contributed by atoms with Gasteiger partial charge in [0.1, 0.15) is 23.3 Å². The fourth-order valence-electron chi connectivity index (χ4n) is 4.35. The highest BCUT2D eigenvalue weighted by molar-refractivity contribution is 5.68. The van der Waals surface area contributed by atoms with Gasteiger partial charge in [-0.1, -0.05) is 0 Å². The largest absolute Gasteiger partial charge is 0.479 e. The van der Waals surface area contributed by atoms with Crippen molar-refractivity contribution in [2.24, 2.45) is 20.5 Å². The molecule has 0 radical (unpaired) electrons. The Bertz CT molecular complexity index is 2260. The van der Waals surface area contributed by atoms with Crippen LogP contribution in [0.5, 0.6) is 6.01 Å². The van der Waals surface area contributed by atoms with Crippen LogP contribution in [0.25, 0.3) is 28.0 Å². The number of hydrogen-bond donors (Lipinski definition) is 3. The van der Waals surface area contributed by atoms with E-state index in [4.69, 9.17) is 6.57 Å². The van der Waals surface area contributed by atoms with Gasteiger partial charge >= 0.3 is 6.01 Å². The number of aromatic amines is 2. The van der Waals surface area contributed by atoms with E-state index in [-0.39, 0.29) is 34.8 Å².